The summed E-state index contributed by atoms with van der Waals surface area (Å²) in [5.74, 6) is -3.54. The lowest BCUT2D eigenvalue weighted by atomic mass is 9.91. The van der Waals surface area contributed by atoms with Gasteiger partial charge < -0.3 is 59.1 Å². The fourth-order valence-electron chi connectivity index (χ4n) is 12.3. The minimum Gasteiger partial charge on any atom is -0.391 e. The highest BCUT2D eigenvalue weighted by Gasteiger charge is 2.51. The average molecular weight is 1220 g/mol. The van der Waals surface area contributed by atoms with Crippen LogP contribution in [0.2, 0.25) is 0 Å². The Morgan fingerprint density at radius 3 is 2.27 bits per heavy atom. The van der Waals surface area contributed by atoms with Crippen LogP contribution in [0.1, 0.15) is 107 Å². The predicted octanol–water partition coefficient (Wildman–Crippen LogP) is 6.87. The molecule has 0 spiro atoms. The molecule has 7 heterocycles. The molecular formula is C60H65F2N10O12PS. The highest BCUT2D eigenvalue weighted by molar-refractivity contribution is 7.52. The highest BCUT2D eigenvalue weighted by atomic mass is 32.1. The van der Waals surface area contributed by atoms with Gasteiger partial charge in [0.15, 0.2) is 22.9 Å². The third-order valence-corrected chi connectivity index (χ3v) is 19.0. The third kappa shape index (κ3) is 11.6. The summed E-state index contributed by atoms with van der Waals surface area (Å²) >= 11 is 1.55. The maximum Gasteiger partial charge on any atom is 0.399 e. The molecule has 0 bridgehead atoms. The molecule has 3 aromatic heterocycles. The van der Waals surface area contributed by atoms with E-state index in [0.717, 1.165) is 39.4 Å². The lowest BCUT2D eigenvalue weighted by Crippen LogP contribution is -2.62. The van der Waals surface area contributed by atoms with Gasteiger partial charge in [-0.15, -0.1) is 11.3 Å². The van der Waals surface area contributed by atoms with Crippen LogP contribution in [0.5, 0.6) is 0 Å². The number of nitrogens with one attached hydrogen (secondary N) is 2. The number of aliphatic hydroxyl groups excluding tert-OH is 1. The van der Waals surface area contributed by atoms with Crippen molar-refractivity contribution >= 4 is 81.9 Å². The number of thiazole rings is 1. The summed E-state index contributed by atoms with van der Waals surface area (Å²) in [4.78, 5) is 119. The first-order valence-corrected chi connectivity index (χ1v) is 31.0. The van der Waals surface area contributed by atoms with Crippen LogP contribution in [0.4, 0.5) is 14.6 Å². The molecule has 4 aliphatic heterocycles. The van der Waals surface area contributed by atoms with Gasteiger partial charge in [-0.2, -0.15) is 8.78 Å². The molecule has 1 unspecified atom stereocenters. The zero-order valence-corrected chi connectivity index (χ0v) is 49.5. The number of likely N-dealkylation sites (tertiary alicyclic amines) is 1. The Balaban J connectivity index is 0.768. The van der Waals surface area contributed by atoms with Gasteiger partial charge in [0, 0.05) is 68.9 Å². The molecule has 5 N–H and O–H groups in total. The number of nitrogens with zero attached hydrogens (tertiary/aromatic N) is 8. The van der Waals surface area contributed by atoms with Gasteiger partial charge >= 0.3 is 13.3 Å². The number of aromatic nitrogens is 3. The Morgan fingerprint density at radius 2 is 1.56 bits per heavy atom. The Bertz CT molecular complexity index is 3820. The molecule has 86 heavy (non-hydrogen) atoms. The number of anilines is 1. The van der Waals surface area contributed by atoms with Gasteiger partial charge in [-0.1, -0.05) is 78.3 Å². The maximum atomic E-state index is 15.1. The Morgan fingerprint density at radius 1 is 0.814 bits per heavy atom. The molecule has 11 rings (SSSR count). The number of hydrogen-bond acceptors (Lipinski definition) is 15. The lowest BCUT2D eigenvalue weighted by Gasteiger charge is -2.41. The molecule has 0 aliphatic carbocycles. The molecule has 7 atom stereocenters. The van der Waals surface area contributed by atoms with Gasteiger partial charge in [0.25, 0.3) is 11.8 Å². The number of benzene rings is 4. The van der Waals surface area contributed by atoms with Crippen molar-refractivity contribution < 1.29 is 66.1 Å². The molecule has 4 fully saturated rings. The van der Waals surface area contributed by atoms with E-state index >= 15 is 4.79 Å². The van der Waals surface area contributed by atoms with Crippen LogP contribution in [0.15, 0.2) is 99.5 Å². The molecule has 0 radical (unpaired) electrons. The fourth-order valence-corrected chi connectivity index (χ4v) is 13.6. The highest BCUT2D eigenvalue weighted by Crippen LogP contribution is 2.59. The summed E-state index contributed by atoms with van der Waals surface area (Å²) in [7, 11) is -5.92. The molecule has 7 aromatic rings. The SMILES string of the molecule is Cc1ccc2onc(C(=O)N3CC[C@H]4CC[C@@H](C(=O)N5CCN(c6cc(C(C(=O)N7C[C@H](O)C[C@H]7C(=O)N[C@H](C)c7ccc(-c8scnc8C)cc7)C(C)C)on6)CC5)N4C(=O)[C@@H](NC(=O)c4ccc5ccc(C(F)(F)P(=O)(O)O)cc5c4)C3)c2c1. The van der Waals surface area contributed by atoms with Crippen molar-refractivity contribution in [2.75, 3.05) is 50.7 Å². The van der Waals surface area contributed by atoms with E-state index in [4.69, 9.17) is 9.05 Å². The number of hydrogen-bond donors (Lipinski definition) is 5. The first-order chi connectivity index (χ1) is 40.9. The first-order valence-electron chi connectivity index (χ1n) is 28.5. The number of amides is 6. The number of β-amino-alcohol motifs (C(OH)–C–C–N with tert-alkyl or cyclic N) is 1. The van der Waals surface area contributed by atoms with E-state index in [1.165, 1.54) is 39.0 Å². The van der Waals surface area contributed by atoms with Crippen molar-refractivity contribution in [1.82, 2.24) is 45.5 Å². The van der Waals surface area contributed by atoms with Crippen molar-refractivity contribution in [1.29, 1.82) is 0 Å². The summed E-state index contributed by atoms with van der Waals surface area (Å²) in [6, 6.07) is 17.7. The molecule has 4 aromatic carbocycles. The summed E-state index contributed by atoms with van der Waals surface area (Å²) in [6.45, 7) is 10.2. The third-order valence-electron chi connectivity index (χ3n) is 17.0. The van der Waals surface area contributed by atoms with E-state index in [9.17, 15) is 52.2 Å². The first kappa shape index (κ1) is 59.8. The summed E-state index contributed by atoms with van der Waals surface area (Å²) in [5.41, 5.74) is 0.285. The molecule has 4 saturated heterocycles. The number of fused-ring (bicyclic) bond motifs is 3. The van der Waals surface area contributed by atoms with E-state index in [2.05, 4.69) is 25.9 Å². The second-order valence-electron chi connectivity index (χ2n) is 23.1. The topological polar surface area (TPSA) is 285 Å². The molecule has 0 saturated carbocycles. The molecule has 4 aliphatic rings. The zero-order valence-electron chi connectivity index (χ0n) is 47.8. The second kappa shape index (κ2) is 23.7. The van der Waals surface area contributed by atoms with E-state index in [0.29, 0.717) is 54.5 Å². The number of aryl methyl sites for hydroxylation is 2. The summed E-state index contributed by atoms with van der Waals surface area (Å²) in [5, 5.41) is 26.0. The van der Waals surface area contributed by atoms with Crippen LogP contribution >= 0.6 is 18.9 Å². The molecule has 22 nitrogen and oxygen atoms in total. The summed E-state index contributed by atoms with van der Waals surface area (Å²) in [6.07, 6.45) is 0.131. The molecule has 6 amide bonds. The molecule has 452 valence electrons. The molecular weight excluding hydrogens is 1150 g/mol. The smallest absolute Gasteiger partial charge is 0.391 e. The number of aliphatic hydroxyl groups is 1. The Labute approximate surface area is 496 Å². The van der Waals surface area contributed by atoms with E-state index in [1.54, 1.807) is 39.9 Å². The number of alkyl halides is 2. The van der Waals surface area contributed by atoms with E-state index in [-0.39, 0.29) is 79.3 Å². The largest absolute Gasteiger partial charge is 0.399 e. The van der Waals surface area contributed by atoms with Crippen molar-refractivity contribution in [3.8, 4) is 10.4 Å². The van der Waals surface area contributed by atoms with Crippen LogP contribution in [-0.2, 0) is 29.4 Å². The second-order valence-corrected chi connectivity index (χ2v) is 25.6. The normalized spacial score (nSPS) is 21.2. The van der Waals surface area contributed by atoms with E-state index in [1.807, 2.05) is 69.9 Å². The van der Waals surface area contributed by atoms with Crippen molar-refractivity contribution in [3.05, 3.63) is 130 Å². The van der Waals surface area contributed by atoms with Gasteiger partial charge in [0.2, 0.25) is 23.6 Å². The average Bonchev–Trinajstić information content (AvgIpc) is 1.87. The van der Waals surface area contributed by atoms with Crippen LogP contribution in [0.25, 0.3) is 32.2 Å². The lowest BCUT2D eigenvalue weighted by molar-refractivity contribution is -0.147. The van der Waals surface area contributed by atoms with Gasteiger partial charge in [-0.25, -0.2) is 4.98 Å². The Hall–Kier alpha value is -7.96. The van der Waals surface area contributed by atoms with Gasteiger partial charge in [0.05, 0.1) is 40.2 Å². The van der Waals surface area contributed by atoms with Crippen molar-refractivity contribution in [2.45, 2.75) is 108 Å². The van der Waals surface area contributed by atoms with Crippen LogP contribution in [0, 0.1) is 19.8 Å². The zero-order chi connectivity index (χ0) is 61.1. The quantitative estimate of drug-likeness (QED) is 0.0695. The minimum absolute atomic E-state index is 0.00881. The van der Waals surface area contributed by atoms with Crippen LogP contribution < -0.4 is 15.5 Å². The van der Waals surface area contributed by atoms with Crippen molar-refractivity contribution in [2.24, 2.45) is 5.92 Å². The van der Waals surface area contributed by atoms with E-state index < -0.39 is 84.7 Å². The molecule has 26 heteroatoms. The monoisotopic (exact) mass is 1220 g/mol. The number of rotatable bonds is 14. The van der Waals surface area contributed by atoms with Crippen LogP contribution in [-0.4, -0.2) is 161 Å². The van der Waals surface area contributed by atoms with Gasteiger partial charge in [0.1, 0.15) is 24.0 Å². The van der Waals surface area contributed by atoms with Crippen LogP contribution in [0.3, 0.4) is 0 Å². The van der Waals surface area contributed by atoms with Crippen molar-refractivity contribution in [3.63, 3.8) is 0 Å². The predicted molar refractivity (Wildman–Crippen MR) is 312 cm³/mol. The number of halogens is 2. The van der Waals surface area contributed by atoms with Gasteiger partial charge in [-0.05, 0) is 98.2 Å². The Kier molecular flexibility index (Phi) is 16.5. The number of carbonyl (C=O) groups excluding carboxylic acids is 6. The fraction of sp³-hybridized carbons (Fsp3) is 0.417. The standard InChI is InChI=1S/C60H65F2N10O12PS/c1-32(2)51(58(78)71-29-43(73)27-47(71)55(75)64-34(4)36-7-10-38(11-8-36)53-35(5)63-31-86-53)49-28-50(66-84-49)68-20-22-69(23-21-68)57(77)46-16-15-42-18-19-70(59(79)52-44-24-33(3)6-17-48(44)83-67-52)30-45(56(76)72(42)46)65-54(74)39-12-9-37-13-14-41(26-40(37)25-39)60(61,62)85(80,81)82/h6-14,17,24-26,28,31-32,34,42-43,45-47,51,73H,15-16,18-23,27,29-30H2,1-5H3,(H,64,75)(H,65,74)(H2,80,81,82)/t34-,42-,43-,45+,46+,47+,51?/m1/s1. The van der Waals surface area contributed by atoms with Gasteiger partial charge in [-0.3, -0.25) is 33.3 Å². The maximum absolute atomic E-state index is 15.1. The summed E-state index contributed by atoms with van der Waals surface area (Å²) < 4.78 is 52.8. The number of piperazine rings is 1. The number of carbonyl (C=O) groups is 6. The minimum atomic E-state index is -5.92.